The van der Waals surface area contributed by atoms with Gasteiger partial charge in [0.2, 0.25) is 5.79 Å². The lowest BCUT2D eigenvalue weighted by molar-refractivity contribution is -0.534. The Morgan fingerprint density at radius 1 is 1.07 bits per heavy atom. The van der Waals surface area contributed by atoms with Crippen molar-refractivity contribution in [2.45, 2.75) is 134 Å². The minimum Gasteiger partial charge on any atom is -0.483 e. The van der Waals surface area contributed by atoms with Crippen LogP contribution < -0.4 is 0 Å². The Morgan fingerprint density at radius 2 is 1.84 bits per heavy atom. The number of fused-ring (bicyclic) bond motifs is 7. The summed E-state index contributed by atoms with van der Waals surface area (Å²) in [6.45, 7) is 17.3. The number of nitrogens with one attached hydrogen (secondary N) is 1. The van der Waals surface area contributed by atoms with Crippen LogP contribution in [0.1, 0.15) is 97.9 Å². The fourth-order valence-corrected chi connectivity index (χ4v) is 10.3. The van der Waals surface area contributed by atoms with Gasteiger partial charge in [-0.15, -0.1) is 0 Å². The molecule has 5 fully saturated rings. The molecule has 4 saturated heterocycles. The molecule has 0 amide bonds. The third-order valence-corrected chi connectivity index (χ3v) is 12.5. The largest absolute Gasteiger partial charge is 0.483 e. The molecule has 2 N–H and O–H groups in total. The Balaban J connectivity index is 1.23. The maximum Gasteiger partial charge on any atom is 0.216 e. The van der Waals surface area contributed by atoms with E-state index in [1.165, 1.54) is 33.3 Å². The zero-order chi connectivity index (χ0) is 30.4. The highest BCUT2D eigenvalue weighted by molar-refractivity contribution is 5.89. The van der Waals surface area contributed by atoms with Crippen LogP contribution in [0.3, 0.4) is 0 Å². The number of benzene rings is 1. The van der Waals surface area contributed by atoms with Gasteiger partial charge in [-0.05, 0) is 109 Å². The van der Waals surface area contributed by atoms with Crippen LogP contribution in [0.25, 0.3) is 10.9 Å². The molecule has 0 radical (unpaired) electrons. The summed E-state index contributed by atoms with van der Waals surface area (Å²) in [5.74, 6) is 0.252. The van der Waals surface area contributed by atoms with Crippen molar-refractivity contribution >= 4 is 10.9 Å². The summed E-state index contributed by atoms with van der Waals surface area (Å²) in [6.07, 6.45) is 10.5. The van der Waals surface area contributed by atoms with Gasteiger partial charge in [-0.25, -0.2) is 0 Å². The minimum absolute atomic E-state index is 0.262. The molecule has 2 aromatic rings. The maximum absolute atomic E-state index is 13.2. The summed E-state index contributed by atoms with van der Waals surface area (Å²) in [6, 6.07) is 6.67. The molecule has 2 spiro atoms. The molecule has 8 atom stereocenters. The third-order valence-electron chi connectivity index (χ3n) is 12.5. The molecule has 2 bridgehead atoms. The normalized spacial score (nSPS) is 43.1. The molecular weight excluding hydrogens is 538 g/mol. The van der Waals surface area contributed by atoms with E-state index >= 15 is 0 Å². The number of aromatic nitrogens is 1. The minimum atomic E-state index is -1.12. The summed E-state index contributed by atoms with van der Waals surface area (Å²) >= 11 is 0. The second-order valence-electron chi connectivity index (χ2n) is 15.8. The molecule has 1 aromatic carbocycles. The topological polar surface area (TPSA) is 72.9 Å². The lowest BCUT2D eigenvalue weighted by Crippen LogP contribution is -2.88. The smallest absolute Gasteiger partial charge is 0.216 e. The third kappa shape index (κ3) is 3.24. The van der Waals surface area contributed by atoms with Crippen molar-refractivity contribution in [2.24, 2.45) is 11.3 Å². The van der Waals surface area contributed by atoms with Gasteiger partial charge in [0.15, 0.2) is 18.0 Å². The number of hydrogen-bond donors (Lipinski definition) is 2. The Bertz CT molecular complexity index is 1630. The molecule has 5 heterocycles. The predicted octanol–water partition coefficient (Wildman–Crippen LogP) is 7.30. The second-order valence-corrected chi connectivity index (χ2v) is 15.8. The summed E-state index contributed by atoms with van der Waals surface area (Å²) < 4.78 is 26.8. The molecule has 1 aromatic heterocycles. The number of rotatable bonds is 3. The number of aliphatic hydroxyl groups is 1. The fraction of sp³-hybridized carbons (Fsp3) is 0.622. The lowest BCUT2D eigenvalue weighted by Gasteiger charge is -2.76. The van der Waals surface area contributed by atoms with E-state index in [4.69, 9.17) is 18.9 Å². The van der Waals surface area contributed by atoms with E-state index in [-0.39, 0.29) is 5.41 Å². The van der Waals surface area contributed by atoms with Crippen LogP contribution in [-0.4, -0.2) is 45.1 Å². The van der Waals surface area contributed by atoms with Gasteiger partial charge in [-0.1, -0.05) is 43.2 Å². The fourth-order valence-electron chi connectivity index (χ4n) is 10.3. The van der Waals surface area contributed by atoms with Gasteiger partial charge in [0.1, 0.15) is 17.0 Å². The van der Waals surface area contributed by atoms with Crippen molar-refractivity contribution in [3.8, 4) is 0 Å². The average Bonchev–Trinajstić information content (AvgIpc) is 3.41. The zero-order valence-electron chi connectivity index (χ0n) is 27.0. The molecule has 9 rings (SSSR count). The molecule has 1 saturated carbocycles. The van der Waals surface area contributed by atoms with Crippen LogP contribution in [0.2, 0.25) is 0 Å². The van der Waals surface area contributed by atoms with E-state index in [1.54, 1.807) is 0 Å². The number of H-pyrrole nitrogens is 1. The Morgan fingerprint density at radius 3 is 2.56 bits per heavy atom. The SMILES string of the molecule is CC(C)=CCc1cccc2[nH]c3c(c12)C[C@@H]1CC[C@@]2(O)C45C[C@@]6(OC(C=C(C)C)OC(C)(C)[C@H]6OC4=CC[C@]2(C)[C@@]31C)O5. The van der Waals surface area contributed by atoms with E-state index in [2.05, 4.69) is 76.9 Å². The number of hydrogen-bond acceptors (Lipinski definition) is 5. The molecule has 7 aliphatic rings. The molecule has 6 heteroatoms. The Kier molecular flexibility index (Phi) is 5.53. The van der Waals surface area contributed by atoms with Crippen molar-refractivity contribution in [3.63, 3.8) is 0 Å². The summed E-state index contributed by atoms with van der Waals surface area (Å²) in [4.78, 5) is 3.92. The summed E-state index contributed by atoms with van der Waals surface area (Å²) in [5, 5.41) is 14.6. The van der Waals surface area contributed by atoms with Gasteiger partial charge in [0.25, 0.3) is 0 Å². The number of aromatic amines is 1. The molecule has 2 unspecified atom stereocenters. The lowest BCUT2D eigenvalue weighted by atomic mass is 9.40. The number of ether oxygens (including phenoxy) is 4. The first-order valence-corrected chi connectivity index (χ1v) is 16.3. The predicted molar refractivity (Wildman–Crippen MR) is 166 cm³/mol. The van der Waals surface area contributed by atoms with E-state index in [0.29, 0.717) is 18.8 Å². The van der Waals surface area contributed by atoms with Gasteiger partial charge in [-0.2, -0.15) is 0 Å². The summed E-state index contributed by atoms with van der Waals surface area (Å²) in [5.41, 5.74) is 4.39. The maximum atomic E-state index is 13.2. The summed E-state index contributed by atoms with van der Waals surface area (Å²) in [7, 11) is 0. The highest BCUT2D eigenvalue weighted by Gasteiger charge is 2.85. The van der Waals surface area contributed by atoms with Gasteiger partial charge >= 0.3 is 0 Å². The Labute approximate surface area is 255 Å². The van der Waals surface area contributed by atoms with Gasteiger partial charge < -0.3 is 29.0 Å². The first-order chi connectivity index (χ1) is 20.2. The first-order valence-electron chi connectivity index (χ1n) is 16.3. The van der Waals surface area contributed by atoms with Crippen LogP contribution in [-0.2, 0) is 37.2 Å². The molecular formula is C37H47NO5. The van der Waals surface area contributed by atoms with Crippen LogP contribution in [0.15, 0.2) is 53.3 Å². The standard InChI is InChI=1S/C37H47NO5/c1-21(2)12-13-23-10-9-11-26-29(23)25-19-24-14-17-37(39)33(7,34(24,8)30(25)38-26)16-15-27-35(37)20-36(43-35)31(40-27)32(5,6)41-28(42-36)18-22(3)4/h9-12,15,18,24,28,31,38-39H,13-14,16-17,19-20H2,1-8H3/t24-,28?,31+,33+,34+,35?,36+,37-/m0/s1. The zero-order valence-corrected chi connectivity index (χ0v) is 27.0. The van der Waals surface area contributed by atoms with Crippen molar-refractivity contribution in [3.05, 3.63) is 70.2 Å². The van der Waals surface area contributed by atoms with E-state index in [0.717, 1.165) is 37.0 Å². The average molecular weight is 586 g/mol. The molecule has 4 aliphatic heterocycles. The highest BCUT2D eigenvalue weighted by Crippen LogP contribution is 2.75. The highest BCUT2D eigenvalue weighted by atomic mass is 16.8. The van der Waals surface area contributed by atoms with E-state index in [1.807, 2.05) is 19.9 Å². The van der Waals surface area contributed by atoms with Crippen molar-refractivity contribution in [1.82, 2.24) is 4.98 Å². The van der Waals surface area contributed by atoms with Crippen molar-refractivity contribution < 1.29 is 24.1 Å². The molecule has 43 heavy (non-hydrogen) atoms. The van der Waals surface area contributed by atoms with Crippen LogP contribution in [0.5, 0.6) is 0 Å². The Hall–Kier alpha value is -2.38. The number of allylic oxidation sites excluding steroid dienone is 4. The van der Waals surface area contributed by atoms with Crippen molar-refractivity contribution in [1.29, 1.82) is 0 Å². The van der Waals surface area contributed by atoms with Crippen LogP contribution in [0, 0.1) is 11.3 Å². The second kappa shape index (κ2) is 8.45. The first kappa shape index (κ1) is 28.1. The monoisotopic (exact) mass is 585 g/mol. The van der Waals surface area contributed by atoms with E-state index < -0.39 is 40.4 Å². The van der Waals surface area contributed by atoms with Crippen molar-refractivity contribution in [2.75, 3.05) is 0 Å². The van der Waals surface area contributed by atoms with Crippen LogP contribution >= 0.6 is 0 Å². The van der Waals surface area contributed by atoms with Gasteiger partial charge in [-0.3, -0.25) is 0 Å². The quantitative estimate of drug-likeness (QED) is 0.370. The van der Waals surface area contributed by atoms with Gasteiger partial charge in [0, 0.05) is 33.8 Å². The van der Waals surface area contributed by atoms with Crippen LogP contribution in [0.4, 0.5) is 0 Å². The molecule has 6 nitrogen and oxygen atoms in total. The molecule has 230 valence electrons. The molecule has 3 aliphatic carbocycles. The van der Waals surface area contributed by atoms with Gasteiger partial charge in [0.05, 0.1) is 0 Å². The van der Waals surface area contributed by atoms with E-state index in [9.17, 15) is 5.11 Å².